The van der Waals surface area contributed by atoms with Crippen molar-refractivity contribution in [3.63, 3.8) is 0 Å². The van der Waals surface area contributed by atoms with E-state index >= 15 is 0 Å². The van der Waals surface area contributed by atoms with Crippen LogP contribution in [0.4, 0.5) is 4.39 Å². The SMILES string of the molecule is Cc1ccc(C(C)NC(=O)C2CCCNC2)cc1F.Cl. The summed E-state index contributed by atoms with van der Waals surface area (Å²) in [5.41, 5.74) is 1.43. The van der Waals surface area contributed by atoms with E-state index in [4.69, 9.17) is 0 Å². The standard InChI is InChI=1S/C15H21FN2O.ClH/c1-10-5-6-12(8-14(10)16)11(2)18-15(19)13-4-3-7-17-9-13;/h5-6,8,11,13,17H,3-4,7,9H2,1-2H3,(H,18,19);1H. The van der Waals surface area contributed by atoms with Crippen LogP contribution in [0.5, 0.6) is 0 Å². The van der Waals surface area contributed by atoms with Crippen LogP contribution < -0.4 is 10.6 Å². The molecule has 1 aliphatic heterocycles. The third-order valence-corrected chi connectivity index (χ3v) is 3.72. The van der Waals surface area contributed by atoms with Crippen molar-refractivity contribution in [2.24, 2.45) is 5.92 Å². The number of nitrogens with one attached hydrogen (secondary N) is 2. The second-order valence-corrected chi connectivity index (χ2v) is 5.28. The topological polar surface area (TPSA) is 41.1 Å². The van der Waals surface area contributed by atoms with E-state index in [0.717, 1.165) is 31.5 Å². The number of carbonyl (C=O) groups excluding carboxylic acids is 1. The maximum atomic E-state index is 13.5. The lowest BCUT2D eigenvalue weighted by molar-refractivity contribution is -0.126. The third kappa shape index (κ3) is 4.18. The van der Waals surface area contributed by atoms with Gasteiger partial charge in [-0.1, -0.05) is 12.1 Å². The van der Waals surface area contributed by atoms with Crippen LogP contribution in [0, 0.1) is 18.7 Å². The quantitative estimate of drug-likeness (QED) is 0.901. The van der Waals surface area contributed by atoms with Crippen molar-refractivity contribution in [2.45, 2.75) is 32.7 Å². The molecule has 2 rings (SSSR count). The number of benzene rings is 1. The lowest BCUT2D eigenvalue weighted by Gasteiger charge is -2.24. The van der Waals surface area contributed by atoms with Gasteiger partial charge in [-0.25, -0.2) is 4.39 Å². The molecule has 1 amide bonds. The molecule has 0 bridgehead atoms. The number of halogens is 2. The van der Waals surface area contributed by atoms with Crippen LogP contribution in [0.3, 0.4) is 0 Å². The fourth-order valence-corrected chi connectivity index (χ4v) is 2.37. The summed E-state index contributed by atoms with van der Waals surface area (Å²) in [7, 11) is 0. The summed E-state index contributed by atoms with van der Waals surface area (Å²) in [5, 5.41) is 6.19. The molecular weight excluding hydrogens is 279 g/mol. The van der Waals surface area contributed by atoms with Crippen LogP contribution in [0.2, 0.25) is 0 Å². The molecule has 2 atom stereocenters. The zero-order valence-electron chi connectivity index (χ0n) is 11.9. The van der Waals surface area contributed by atoms with E-state index in [1.807, 2.05) is 13.0 Å². The zero-order valence-corrected chi connectivity index (χ0v) is 12.7. The molecule has 2 unspecified atom stereocenters. The van der Waals surface area contributed by atoms with Crippen molar-refractivity contribution in [3.05, 3.63) is 35.1 Å². The molecule has 1 fully saturated rings. The minimum atomic E-state index is -0.224. The molecule has 0 aliphatic carbocycles. The van der Waals surface area contributed by atoms with Gasteiger partial charge in [0.2, 0.25) is 5.91 Å². The predicted octanol–water partition coefficient (Wildman–Crippen LogP) is 2.73. The Bertz CT molecular complexity index is 461. The summed E-state index contributed by atoms with van der Waals surface area (Å²) in [5.74, 6) is -0.134. The molecule has 2 N–H and O–H groups in total. The van der Waals surface area contributed by atoms with E-state index in [9.17, 15) is 9.18 Å². The van der Waals surface area contributed by atoms with Gasteiger partial charge in [0.1, 0.15) is 5.82 Å². The molecule has 1 aromatic rings. The van der Waals surface area contributed by atoms with Crippen molar-refractivity contribution >= 4 is 18.3 Å². The van der Waals surface area contributed by atoms with Gasteiger partial charge in [0, 0.05) is 6.54 Å². The van der Waals surface area contributed by atoms with E-state index in [1.54, 1.807) is 13.0 Å². The Morgan fingerprint density at radius 2 is 2.25 bits per heavy atom. The van der Waals surface area contributed by atoms with Crippen molar-refractivity contribution in [3.8, 4) is 0 Å². The maximum Gasteiger partial charge on any atom is 0.224 e. The van der Waals surface area contributed by atoms with E-state index in [1.165, 1.54) is 6.07 Å². The van der Waals surface area contributed by atoms with Gasteiger partial charge >= 0.3 is 0 Å². The molecular formula is C15H22ClFN2O. The van der Waals surface area contributed by atoms with E-state index in [2.05, 4.69) is 10.6 Å². The van der Waals surface area contributed by atoms with Gasteiger partial charge in [0.05, 0.1) is 12.0 Å². The lowest BCUT2D eigenvalue weighted by atomic mass is 9.97. The number of piperidine rings is 1. The van der Waals surface area contributed by atoms with Crippen LogP contribution in [0.15, 0.2) is 18.2 Å². The van der Waals surface area contributed by atoms with Crippen LogP contribution in [0.25, 0.3) is 0 Å². The molecule has 3 nitrogen and oxygen atoms in total. The van der Waals surface area contributed by atoms with Gasteiger partial charge in [-0.15, -0.1) is 12.4 Å². The average molecular weight is 301 g/mol. The third-order valence-electron chi connectivity index (χ3n) is 3.72. The Morgan fingerprint density at radius 1 is 1.50 bits per heavy atom. The number of amides is 1. The second-order valence-electron chi connectivity index (χ2n) is 5.28. The number of carbonyl (C=O) groups is 1. The molecule has 0 saturated carbocycles. The normalized spacial score (nSPS) is 19.9. The fraction of sp³-hybridized carbons (Fsp3) is 0.533. The first-order chi connectivity index (χ1) is 9.08. The first-order valence-corrected chi connectivity index (χ1v) is 6.85. The Labute approximate surface area is 125 Å². The smallest absolute Gasteiger partial charge is 0.224 e. The number of aryl methyl sites for hydroxylation is 1. The summed E-state index contributed by atoms with van der Waals surface area (Å²) in [6, 6.07) is 4.95. The lowest BCUT2D eigenvalue weighted by Crippen LogP contribution is -2.41. The van der Waals surface area contributed by atoms with Crippen molar-refractivity contribution in [2.75, 3.05) is 13.1 Å². The highest BCUT2D eigenvalue weighted by atomic mass is 35.5. The molecule has 1 saturated heterocycles. The predicted molar refractivity (Wildman–Crippen MR) is 80.5 cm³/mol. The zero-order chi connectivity index (χ0) is 13.8. The number of hydrogen-bond acceptors (Lipinski definition) is 2. The molecule has 1 heterocycles. The van der Waals surface area contributed by atoms with Crippen LogP contribution in [-0.2, 0) is 4.79 Å². The molecule has 112 valence electrons. The maximum absolute atomic E-state index is 13.5. The molecule has 0 aromatic heterocycles. The second kappa shape index (κ2) is 7.60. The minimum Gasteiger partial charge on any atom is -0.349 e. The van der Waals surface area contributed by atoms with Crippen molar-refractivity contribution in [1.29, 1.82) is 0 Å². The highest BCUT2D eigenvalue weighted by molar-refractivity contribution is 5.85. The largest absolute Gasteiger partial charge is 0.349 e. The first kappa shape index (κ1) is 16.9. The first-order valence-electron chi connectivity index (χ1n) is 6.85. The van der Waals surface area contributed by atoms with Gasteiger partial charge in [0.15, 0.2) is 0 Å². The Morgan fingerprint density at radius 3 is 2.85 bits per heavy atom. The number of hydrogen-bond donors (Lipinski definition) is 2. The number of rotatable bonds is 3. The summed E-state index contributed by atoms with van der Waals surface area (Å²) in [6.07, 6.45) is 1.96. The molecule has 0 radical (unpaired) electrons. The Balaban J connectivity index is 0.00000200. The summed E-state index contributed by atoms with van der Waals surface area (Å²) < 4.78 is 13.5. The van der Waals surface area contributed by atoms with Crippen molar-refractivity contribution in [1.82, 2.24) is 10.6 Å². The van der Waals surface area contributed by atoms with E-state index in [0.29, 0.717) is 5.56 Å². The van der Waals surface area contributed by atoms with E-state index < -0.39 is 0 Å². The molecule has 20 heavy (non-hydrogen) atoms. The van der Waals surface area contributed by atoms with Crippen LogP contribution in [-0.4, -0.2) is 19.0 Å². The van der Waals surface area contributed by atoms with Crippen molar-refractivity contribution < 1.29 is 9.18 Å². The molecule has 1 aliphatic rings. The summed E-state index contributed by atoms with van der Waals surface area (Å²) >= 11 is 0. The van der Waals surface area contributed by atoms with Gasteiger partial charge in [-0.05, 0) is 50.4 Å². The monoisotopic (exact) mass is 300 g/mol. The molecule has 5 heteroatoms. The Hall–Kier alpha value is -1.13. The van der Waals surface area contributed by atoms with Crippen LogP contribution >= 0.6 is 12.4 Å². The summed E-state index contributed by atoms with van der Waals surface area (Å²) in [6.45, 7) is 5.34. The average Bonchev–Trinajstić information content (AvgIpc) is 2.42. The van der Waals surface area contributed by atoms with Crippen LogP contribution in [0.1, 0.15) is 36.9 Å². The fourth-order valence-electron chi connectivity index (χ4n) is 2.37. The van der Waals surface area contributed by atoms with Gasteiger partial charge in [-0.2, -0.15) is 0 Å². The molecule has 0 spiro atoms. The van der Waals surface area contributed by atoms with E-state index in [-0.39, 0.29) is 36.1 Å². The molecule has 1 aromatic carbocycles. The van der Waals surface area contributed by atoms with Gasteiger partial charge < -0.3 is 10.6 Å². The van der Waals surface area contributed by atoms with Gasteiger partial charge in [0.25, 0.3) is 0 Å². The highest BCUT2D eigenvalue weighted by Gasteiger charge is 2.22. The minimum absolute atomic E-state index is 0. The Kier molecular flexibility index (Phi) is 6.43. The highest BCUT2D eigenvalue weighted by Crippen LogP contribution is 2.18. The van der Waals surface area contributed by atoms with Gasteiger partial charge in [-0.3, -0.25) is 4.79 Å². The summed E-state index contributed by atoms with van der Waals surface area (Å²) in [4.78, 5) is 12.1.